The standard InChI is InChI=1S/C33H23ClN4O5/c34-20-11-9-19(10-12-20)17-27(39)36-35-18-33-25-7-3-1-5-23(25)28(24-6-2-4-8-26(24)33)29-30(33)32(41)37(31(29)40)21-13-15-22(16-14-21)38(42)43/h1-16,18,28-30H,17H2,(H,36,39)/b35-18-/t28?,29-,30-,33?/m0/s1. The number of nitrogens with one attached hydrogen (secondary N) is 1. The molecule has 1 fully saturated rings. The quantitative estimate of drug-likeness (QED) is 0.144. The van der Waals surface area contributed by atoms with Crippen LogP contribution in [0.3, 0.4) is 0 Å². The highest BCUT2D eigenvalue weighted by Crippen LogP contribution is 2.63. The van der Waals surface area contributed by atoms with E-state index in [9.17, 15) is 24.5 Å². The van der Waals surface area contributed by atoms with Gasteiger partial charge in [-0.25, -0.2) is 10.3 Å². The van der Waals surface area contributed by atoms with Crippen LogP contribution in [-0.2, 0) is 26.2 Å². The summed E-state index contributed by atoms with van der Waals surface area (Å²) in [5.74, 6) is -3.09. The molecule has 1 aliphatic heterocycles. The van der Waals surface area contributed by atoms with Gasteiger partial charge in [0.2, 0.25) is 17.7 Å². The predicted molar refractivity (Wildman–Crippen MR) is 160 cm³/mol. The van der Waals surface area contributed by atoms with E-state index < -0.39 is 28.1 Å². The van der Waals surface area contributed by atoms with Crippen LogP contribution in [0.25, 0.3) is 0 Å². The molecule has 10 heteroatoms. The summed E-state index contributed by atoms with van der Waals surface area (Å²) in [4.78, 5) is 53.2. The number of nitro groups is 1. The van der Waals surface area contributed by atoms with Gasteiger partial charge in [-0.1, -0.05) is 72.3 Å². The van der Waals surface area contributed by atoms with E-state index in [0.717, 1.165) is 32.7 Å². The van der Waals surface area contributed by atoms with Crippen molar-refractivity contribution >= 4 is 46.9 Å². The maximum atomic E-state index is 14.4. The number of nitro benzene ring substituents is 1. The molecule has 0 radical (unpaired) electrons. The summed E-state index contributed by atoms with van der Waals surface area (Å²) in [6.45, 7) is 0. The Labute approximate surface area is 250 Å². The number of carbonyl (C=O) groups is 3. The number of anilines is 1. The number of hydrogen-bond donors (Lipinski definition) is 1. The van der Waals surface area contributed by atoms with Crippen LogP contribution < -0.4 is 10.3 Å². The van der Waals surface area contributed by atoms with Gasteiger partial charge >= 0.3 is 0 Å². The van der Waals surface area contributed by atoms with E-state index in [1.54, 1.807) is 30.5 Å². The van der Waals surface area contributed by atoms with E-state index >= 15 is 0 Å². The highest BCUT2D eigenvalue weighted by molar-refractivity contribution is 6.30. The fraction of sp³-hybridized carbons (Fsp3) is 0.152. The summed E-state index contributed by atoms with van der Waals surface area (Å²) >= 11 is 5.96. The Balaban J connectivity index is 1.33. The molecular formula is C33H23ClN4O5. The van der Waals surface area contributed by atoms with Gasteiger partial charge in [0.05, 0.1) is 34.3 Å². The summed E-state index contributed by atoms with van der Waals surface area (Å²) in [6, 6.07) is 27.8. The van der Waals surface area contributed by atoms with E-state index in [-0.39, 0.29) is 35.5 Å². The summed E-state index contributed by atoms with van der Waals surface area (Å²) in [7, 11) is 0. The number of carbonyl (C=O) groups excluding carboxylic acids is 3. The Morgan fingerprint density at radius 2 is 1.51 bits per heavy atom. The van der Waals surface area contributed by atoms with E-state index in [1.807, 2.05) is 48.5 Å². The fourth-order valence-electron chi connectivity index (χ4n) is 7.06. The third-order valence-electron chi connectivity index (χ3n) is 8.74. The number of amides is 3. The lowest BCUT2D eigenvalue weighted by molar-refractivity contribution is -0.384. The Hall–Kier alpha value is -5.15. The van der Waals surface area contributed by atoms with Crippen LogP contribution in [0.1, 0.15) is 33.7 Å². The van der Waals surface area contributed by atoms with Gasteiger partial charge in [0.25, 0.3) is 5.69 Å². The maximum Gasteiger partial charge on any atom is 0.269 e. The molecule has 3 amide bonds. The van der Waals surface area contributed by atoms with Crippen LogP contribution in [0.15, 0.2) is 102 Å². The van der Waals surface area contributed by atoms with Gasteiger partial charge in [0.15, 0.2) is 0 Å². The summed E-state index contributed by atoms with van der Waals surface area (Å²) < 4.78 is 0. The first kappa shape index (κ1) is 26.7. The predicted octanol–water partition coefficient (Wildman–Crippen LogP) is 5.14. The second-order valence-electron chi connectivity index (χ2n) is 10.9. The Bertz CT molecular complexity index is 1810. The van der Waals surface area contributed by atoms with Crippen molar-refractivity contribution in [1.82, 2.24) is 5.43 Å². The lowest BCUT2D eigenvalue weighted by atomic mass is 9.47. The molecule has 0 unspecified atom stereocenters. The van der Waals surface area contributed by atoms with Crippen LogP contribution in [0, 0.1) is 22.0 Å². The van der Waals surface area contributed by atoms with Crippen molar-refractivity contribution in [3.63, 3.8) is 0 Å². The molecule has 4 aromatic rings. The van der Waals surface area contributed by atoms with Crippen LogP contribution in [0.5, 0.6) is 0 Å². The van der Waals surface area contributed by atoms with E-state index in [0.29, 0.717) is 5.02 Å². The van der Waals surface area contributed by atoms with E-state index in [2.05, 4.69) is 10.5 Å². The van der Waals surface area contributed by atoms with Gasteiger partial charge in [-0.3, -0.25) is 24.5 Å². The van der Waals surface area contributed by atoms with Gasteiger partial charge in [-0.15, -0.1) is 0 Å². The van der Waals surface area contributed by atoms with Crippen molar-refractivity contribution in [2.45, 2.75) is 17.8 Å². The van der Waals surface area contributed by atoms with Crippen LogP contribution in [0.2, 0.25) is 5.02 Å². The van der Waals surface area contributed by atoms with Gasteiger partial charge < -0.3 is 0 Å². The molecule has 9 nitrogen and oxygen atoms in total. The molecule has 4 aromatic carbocycles. The number of nitrogens with zero attached hydrogens (tertiary/aromatic N) is 3. The van der Waals surface area contributed by atoms with Crippen molar-refractivity contribution in [2.75, 3.05) is 4.90 Å². The van der Waals surface area contributed by atoms with Crippen molar-refractivity contribution in [2.24, 2.45) is 16.9 Å². The largest absolute Gasteiger partial charge is 0.274 e. The van der Waals surface area contributed by atoms with Crippen molar-refractivity contribution in [1.29, 1.82) is 0 Å². The number of hydrazone groups is 1. The SMILES string of the molecule is O=C(Cc1ccc(Cl)cc1)N/N=C\C12c3ccccc3C(c3ccccc31)[C@@H]1C(=O)N(c3ccc([N+](=O)[O-])cc3)C(=O)[C@H]12. The maximum absolute atomic E-state index is 14.4. The number of benzene rings is 4. The molecule has 1 N–H and O–H groups in total. The average molecular weight is 591 g/mol. The van der Waals surface area contributed by atoms with Gasteiger partial charge in [-0.05, 0) is 52.1 Å². The zero-order valence-corrected chi connectivity index (χ0v) is 23.3. The lowest BCUT2D eigenvalue weighted by Crippen LogP contribution is -2.54. The molecule has 1 saturated heterocycles. The Kier molecular flexibility index (Phi) is 6.21. The average Bonchev–Trinajstić information content (AvgIpc) is 3.29. The first-order valence-corrected chi connectivity index (χ1v) is 14.1. The normalized spacial score (nSPS) is 23.2. The summed E-state index contributed by atoms with van der Waals surface area (Å²) in [6.07, 6.45) is 1.68. The minimum Gasteiger partial charge on any atom is -0.274 e. The van der Waals surface area contributed by atoms with Crippen LogP contribution in [0.4, 0.5) is 11.4 Å². The Morgan fingerprint density at radius 1 is 0.907 bits per heavy atom. The number of rotatable bonds is 6. The summed E-state index contributed by atoms with van der Waals surface area (Å²) in [5.41, 5.74) is 5.91. The van der Waals surface area contributed by atoms with Gasteiger partial charge in [0.1, 0.15) is 0 Å². The molecular weight excluding hydrogens is 568 g/mol. The third-order valence-corrected chi connectivity index (χ3v) is 8.99. The fourth-order valence-corrected chi connectivity index (χ4v) is 7.19. The molecule has 1 heterocycles. The van der Waals surface area contributed by atoms with Crippen LogP contribution >= 0.6 is 11.6 Å². The van der Waals surface area contributed by atoms with Crippen molar-refractivity contribution in [3.05, 3.63) is 140 Å². The van der Waals surface area contributed by atoms with Gasteiger partial charge in [0, 0.05) is 29.3 Å². The van der Waals surface area contributed by atoms with Crippen LogP contribution in [-0.4, -0.2) is 28.9 Å². The zero-order chi connectivity index (χ0) is 29.9. The first-order valence-electron chi connectivity index (χ1n) is 13.7. The lowest BCUT2D eigenvalue weighted by Gasteiger charge is -2.52. The number of imide groups is 1. The smallest absolute Gasteiger partial charge is 0.269 e. The molecule has 2 atom stereocenters. The summed E-state index contributed by atoms with van der Waals surface area (Å²) in [5, 5.41) is 16.2. The molecule has 0 aromatic heterocycles. The minimum atomic E-state index is -1.15. The topological polar surface area (TPSA) is 122 Å². The first-order chi connectivity index (χ1) is 20.8. The van der Waals surface area contributed by atoms with Gasteiger partial charge in [-0.2, -0.15) is 5.10 Å². The third kappa shape index (κ3) is 3.99. The molecule has 212 valence electrons. The molecule has 43 heavy (non-hydrogen) atoms. The highest BCUT2D eigenvalue weighted by atomic mass is 35.5. The monoisotopic (exact) mass is 590 g/mol. The number of non-ortho nitro benzene ring substituents is 1. The van der Waals surface area contributed by atoms with E-state index in [1.165, 1.54) is 24.3 Å². The minimum absolute atomic E-state index is 0.0775. The molecule has 3 aliphatic carbocycles. The number of hydrogen-bond acceptors (Lipinski definition) is 6. The zero-order valence-electron chi connectivity index (χ0n) is 22.5. The van der Waals surface area contributed by atoms with Crippen molar-refractivity contribution < 1.29 is 19.3 Å². The molecule has 0 saturated carbocycles. The molecule has 0 spiro atoms. The van der Waals surface area contributed by atoms with E-state index in [4.69, 9.17) is 11.6 Å². The second kappa shape index (κ2) is 9.99. The molecule has 4 aliphatic rings. The molecule has 2 bridgehead atoms. The second-order valence-corrected chi connectivity index (χ2v) is 11.3. The number of halogens is 1. The Morgan fingerprint density at radius 3 is 2.12 bits per heavy atom. The highest BCUT2D eigenvalue weighted by Gasteiger charge is 2.68. The van der Waals surface area contributed by atoms with Crippen molar-refractivity contribution in [3.8, 4) is 0 Å². The molecule has 8 rings (SSSR count).